The van der Waals surface area contributed by atoms with Gasteiger partial charge in [-0.2, -0.15) is 0 Å². The van der Waals surface area contributed by atoms with Crippen LogP contribution in [0.25, 0.3) is 0 Å². The van der Waals surface area contributed by atoms with Crippen molar-refractivity contribution in [2.24, 2.45) is 5.92 Å². The molecule has 0 saturated heterocycles. The Labute approximate surface area is 130 Å². The smallest absolute Gasteiger partial charge is 0.410 e. The monoisotopic (exact) mass is 303 g/mol. The van der Waals surface area contributed by atoms with E-state index in [1.807, 2.05) is 42.5 Å². The first-order chi connectivity index (χ1) is 10.7. The standard InChI is InChI=1S/C17H21NO4/c1-2-21-16(19)11-15-9-6-10-18(12-15)17(20)22-13-14-7-4-3-5-8-14/h3-9,15H,2,10-13H2,1H3/t15-/m0/s1. The number of amides is 1. The molecule has 1 aromatic rings. The van der Waals surface area contributed by atoms with Crippen molar-refractivity contribution in [3.05, 3.63) is 48.0 Å². The van der Waals surface area contributed by atoms with Crippen LogP contribution in [0.15, 0.2) is 42.5 Å². The summed E-state index contributed by atoms with van der Waals surface area (Å²) in [6, 6.07) is 9.55. The first-order valence-corrected chi connectivity index (χ1v) is 7.47. The first-order valence-electron chi connectivity index (χ1n) is 7.47. The highest BCUT2D eigenvalue weighted by atomic mass is 16.6. The van der Waals surface area contributed by atoms with Crippen LogP contribution >= 0.6 is 0 Å². The molecule has 5 nitrogen and oxygen atoms in total. The van der Waals surface area contributed by atoms with Gasteiger partial charge in [-0.15, -0.1) is 0 Å². The van der Waals surface area contributed by atoms with E-state index in [1.165, 1.54) is 0 Å². The van der Waals surface area contributed by atoms with Gasteiger partial charge in [-0.1, -0.05) is 42.5 Å². The molecule has 1 aromatic carbocycles. The molecule has 0 aliphatic carbocycles. The molecule has 0 fully saturated rings. The lowest BCUT2D eigenvalue weighted by molar-refractivity contribution is -0.144. The molecular formula is C17H21NO4. The van der Waals surface area contributed by atoms with E-state index in [2.05, 4.69) is 0 Å². The van der Waals surface area contributed by atoms with Gasteiger partial charge in [-0.25, -0.2) is 4.79 Å². The largest absolute Gasteiger partial charge is 0.466 e. The average Bonchev–Trinajstić information content (AvgIpc) is 2.54. The van der Waals surface area contributed by atoms with Crippen molar-refractivity contribution in [3.8, 4) is 0 Å². The normalized spacial score (nSPS) is 17.1. The van der Waals surface area contributed by atoms with E-state index in [0.29, 0.717) is 19.7 Å². The van der Waals surface area contributed by atoms with E-state index in [0.717, 1.165) is 5.56 Å². The van der Waals surface area contributed by atoms with Gasteiger partial charge in [-0.3, -0.25) is 4.79 Å². The Morgan fingerprint density at radius 1 is 1.23 bits per heavy atom. The lowest BCUT2D eigenvalue weighted by Crippen LogP contribution is -2.38. The van der Waals surface area contributed by atoms with Gasteiger partial charge in [0.2, 0.25) is 0 Å². The molecule has 0 aromatic heterocycles. The number of esters is 1. The van der Waals surface area contributed by atoms with Crippen LogP contribution < -0.4 is 0 Å². The molecule has 0 unspecified atom stereocenters. The van der Waals surface area contributed by atoms with Crippen LogP contribution in [0.2, 0.25) is 0 Å². The summed E-state index contributed by atoms with van der Waals surface area (Å²) in [6.07, 6.45) is 3.77. The minimum absolute atomic E-state index is 0.0166. The molecule has 0 bridgehead atoms. The van der Waals surface area contributed by atoms with Crippen molar-refractivity contribution in [1.82, 2.24) is 4.90 Å². The Morgan fingerprint density at radius 3 is 2.73 bits per heavy atom. The molecule has 0 saturated carbocycles. The zero-order chi connectivity index (χ0) is 15.8. The number of rotatable bonds is 5. The van der Waals surface area contributed by atoms with Gasteiger partial charge in [-0.05, 0) is 12.5 Å². The highest BCUT2D eigenvalue weighted by Gasteiger charge is 2.23. The fraction of sp³-hybridized carbons (Fsp3) is 0.412. The molecule has 1 atom stereocenters. The van der Waals surface area contributed by atoms with Crippen LogP contribution in [0.1, 0.15) is 18.9 Å². The first kappa shape index (κ1) is 16.1. The molecule has 22 heavy (non-hydrogen) atoms. The second kappa shape index (κ2) is 8.22. The molecule has 2 rings (SSSR count). The number of hydrogen-bond donors (Lipinski definition) is 0. The maximum absolute atomic E-state index is 12.1. The molecule has 1 aliphatic rings. The number of hydrogen-bond acceptors (Lipinski definition) is 4. The van der Waals surface area contributed by atoms with Gasteiger partial charge in [0.1, 0.15) is 6.61 Å². The third-order valence-corrected chi connectivity index (χ3v) is 3.39. The van der Waals surface area contributed by atoms with Gasteiger partial charge in [0.15, 0.2) is 0 Å². The Bertz CT molecular complexity index is 527. The van der Waals surface area contributed by atoms with E-state index < -0.39 is 0 Å². The van der Waals surface area contributed by atoms with Gasteiger partial charge in [0, 0.05) is 19.0 Å². The predicted octanol–water partition coefficient (Wildman–Crippen LogP) is 2.76. The number of ether oxygens (including phenoxy) is 2. The third-order valence-electron chi connectivity index (χ3n) is 3.39. The molecular weight excluding hydrogens is 282 g/mol. The van der Waals surface area contributed by atoms with Crippen molar-refractivity contribution < 1.29 is 19.1 Å². The second-order valence-corrected chi connectivity index (χ2v) is 5.14. The molecule has 0 radical (unpaired) electrons. The maximum atomic E-state index is 12.1. The minimum atomic E-state index is -0.359. The van der Waals surface area contributed by atoms with Crippen LogP contribution in [0, 0.1) is 5.92 Å². The zero-order valence-electron chi connectivity index (χ0n) is 12.7. The SMILES string of the molecule is CCOC(=O)C[C@@H]1C=CCN(C(=O)OCc2ccccc2)C1. The quantitative estimate of drug-likeness (QED) is 0.620. The van der Waals surface area contributed by atoms with Crippen molar-refractivity contribution in [2.75, 3.05) is 19.7 Å². The van der Waals surface area contributed by atoms with Crippen LogP contribution in [-0.2, 0) is 20.9 Å². The van der Waals surface area contributed by atoms with Crippen molar-refractivity contribution in [2.45, 2.75) is 20.0 Å². The second-order valence-electron chi connectivity index (χ2n) is 5.14. The van der Waals surface area contributed by atoms with E-state index in [9.17, 15) is 9.59 Å². The fourth-order valence-corrected chi connectivity index (χ4v) is 2.33. The lowest BCUT2D eigenvalue weighted by atomic mass is 10.0. The number of carbonyl (C=O) groups excluding carboxylic acids is 2. The topological polar surface area (TPSA) is 55.8 Å². The van der Waals surface area contributed by atoms with E-state index in [-0.39, 0.29) is 31.0 Å². The fourth-order valence-electron chi connectivity index (χ4n) is 2.33. The zero-order valence-corrected chi connectivity index (χ0v) is 12.7. The van der Waals surface area contributed by atoms with Gasteiger partial charge < -0.3 is 14.4 Å². The third kappa shape index (κ3) is 4.91. The summed E-state index contributed by atoms with van der Waals surface area (Å²) >= 11 is 0. The maximum Gasteiger partial charge on any atom is 0.410 e. The number of carbonyl (C=O) groups is 2. The van der Waals surface area contributed by atoms with E-state index >= 15 is 0 Å². The average molecular weight is 303 g/mol. The van der Waals surface area contributed by atoms with Crippen molar-refractivity contribution in [3.63, 3.8) is 0 Å². The molecule has 1 aliphatic heterocycles. The summed E-state index contributed by atoms with van der Waals surface area (Å²) in [5, 5.41) is 0. The minimum Gasteiger partial charge on any atom is -0.466 e. The Balaban J connectivity index is 1.81. The summed E-state index contributed by atoms with van der Waals surface area (Å²) < 4.78 is 10.2. The number of nitrogens with zero attached hydrogens (tertiary/aromatic N) is 1. The summed E-state index contributed by atoms with van der Waals surface area (Å²) in [6.45, 7) is 3.39. The predicted molar refractivity (Wildman–Crippen MR) is 82.1 cm³/mol. The summed E-state index contributed by atoms with van der Waals surface area (Å²) in [5.74, 6) is -0.256. The van der Waals surface area contributed by atoms with Crippen molar-refractivity contribution in [1.29, 1.82) is 0 Å². The van der Waals surface area contributed by atoms with Crippen LogP contribution in [0.5, 0.6) is 0 Å². The van der Waals surface area contributed by atoms with E-state index in [4.69, 9.17) is 9.47 Å². The molecule has 5 heteroatoms. The molecule has 0 N–H and O–H groups in total. The number of benzene rings is 1. The lowest BCUT2D eigenvalue weighted by Gasteiger charge is -2.27. The summed E-state index contributed by atoms with van der Waals surface area (Å²) in [5.41, 5.74) is 0.950. The Hall–Kier alpha value is -2.30. The van der Waals surface area contributed by atoms with E-state index in [1.54, 1.807) is 11.8 Å². The van der Waals surface area contributed by atoms with Crippen LogP contribution in [-0.4, -0.2) is 36.7 Å². The van der Waals surface area contributed by atoms with Crippen molar-refractivity contribution >= 4 is 12.1 Å². The summed E-state index contributed by atoms with van der Waals surface area (Å²) in [7, 11) is 0. The van der Waals surface area contributed by atoms with Gasteiger partial charge >= 0.3 is 12.1 Å². The van der Waals surface area contributed by atoms with Gasteiger partial charge in [0.25, 0.3) is 0 Å². The molecule has 0 spiro atoms. The highest BCUT2D eigenvalue weighted by Crippen LogP contribution is 2.15. The molecule has 118 valence electrons. The molecule has 1 amide bonds. The van der Waals surface area contributed by atoms with Gasteiger partial charge in [0.05, 0.1) is 13.0 Å². The molecule has 1 heterocycles. The highest BCUT2D eigenvalue weighted by molar-refractivity contribution is 5.71. The Morgan fingerprint density at radius 2 is 2.00 bits per heavy atom. The van der Waals surface area contributed by atoms with Crippen LogP contribution in [0.3, 0.4) is 0 Å². The summed E-state index contributed by atoms with van der Waals surface area (Å²) in [4.78, 5) is 25.2. The Kier molecular flexibility index (Phi) is 6.01. The van der Waals surface area contributed by atoms with Crippen LogP contribution in [0.4, 0.5) is 4.79 Å².